The quantitative estimate of drug-likeness (QED) is 0.383. The Kier molecular flexibility index (Phi) is 8.42. The maximum absolute atomic E-state index is 12.4. The largest absolute Gasteiger partial charge is 0.481 e. The van der Waals surface area contributed by atoms with Crippen LogP contribution in [0.3, 0.4) is 0 Å². The maximum atomic E-state index is 12.4. The number of hydrogen-bond donors (Lipinski definition) is 2. The van der Waals surface area contributed by atoms with Crippen molar-refractivity contribution < 1.29 is 9.53 Å². The van der Waals surface area contributed by atoms with Crippen LogP contribution in [0, 0.1) is 0 Å². The first kappa shape index (κ1) is 22.6. The Morgan fingerprint density at radius 1 is 1.45 bits per heavy atom. The number of ether oxygens (including phenoxy) is 1. The van der Waals surface area contributed by atoms with Crippen LogP contribution in [0.5, 0.6) is 0 Å². The van der Waals surface area contributed by atoms with Gasteiger partial charge >= 0.3 is 0 Å². The fraction of sp³-hybridized carbons (Fsp3) is 0.381. The normalized spacial score (nSPS) is 14.7. The predicted molar refractivity (Wildman–Crippen MR) is 120 cm³/mol. The number of nitrogens with one attached hydrogen (secondary N) is 1. The van der Waals surface area contributed by atoms with Gasteiger partial charge in [-0.2, -0.15) is 0 Å². The van der Waals surface area contributed by atoms with Gasteiger partial charge in [0.25, 0.3) is 5.91 Å². The van der Waals surface area contributed by atoms with E-state index in [9.17, 15) is 4.79 Å². The molecule has 0 atom stereocenters. The Hall–Kier alpha value is -2.64. The third-order valence-electron chi connectivity index (χ3n) is 4.12. The topological polar surface area (TPSA) is 92.3 Å². The lowest BCUT2D eigenvalue weighted by Gasteiger charge is -2.12. The number of carbonyl (C=O) groups excluding carboxylic acids is 1. The van der Waals surface area contributed by atoms with Crippen molar-refractivity contribution in [3.8, 4) is 0 Å². The third-order valence-corrected chi connectivity index (χ3v) is 4.45. The fourth-order valence-electron chi connectivity index (χ4n) is 2.66. The summed E-state index contributed by atoms with van der Waals surface area (Å²) in [4.78, 5) is 23.1. The van der Waals surface area contributed by atoms with Crippen molar-refractivity contribution in [3.05, 3.63) is 46.6 Å². The lowest BCUT2D eigenvalue weighted by molar-refractivity contribution is -0.112. The molecule has 0 fully saturated rings. The van der Waals surface area contributed by atoms with Crippen molar-refractivity contribution in [2.45, 2.75) is 26.7 Å². The first-order valence-electron chi connectivity index (χ1n) is 9.43. The highest BCUT2D eigenvalue weighted by Crippen LogP contribution is 2.28. The first-order chi connectivity index (χ1) is 13.8. The summed E-state index contributed by atoms with van der Waals surface area (Å²) < 4.78 is 5.69. The Bertz CT molecular complexity index is 872. The number of halogens is 1. The van der Waals surface area contributed by atoms with Gasteiger partial charge in [-0.25, -0.2) is 9.98 Å². The molecule has 0 saturated heterocycles. The molecular weight excluding hydrogens is 390 g/mol. The van der Waals surface area contributed by atoms with Gasteiger partial charge in [0.2, 0.25) is 0 Å². The van der Waals surface area contributed by atoms with Gasteiger partial charge in [0, 0.05) is 25.5 Å². The second kappa shape index (κ2) is 10.8. The number of benzene rings is 1. The molecule has 1 amide bonds. The molecule has 8 heteroatoms. The van der Waals surface area contributed by atoms with E-state index in [4.69, 9.17) is 22.1 Å². The molecule has 1 aromatic carbocycles. The highest BCUT2D eigenvalue weighted by molar-refractivity contribution is 6.34. The number of amidine groups is 1. The molecule has 0 bridgehead atoms. The zero-order valence-corrected chi connectivity index (χ0v) is 18.1. The minimum Gasteiger partial charge on any atom is -0.481 e. The van der Waals surface area contributed by atoms with Crippen molar-refractivity contribution in [3.63, 3.8) is 0 Å². The standard InChI is InChI=1S/C21H28ClN5O2/c1-5-17(24-14(2)29-12-6-11-27(3)4)15-7-8-16(22)19(13-15)26-21(28)18-9-10-20(23)25-18/h5,7-9,13H,6,10-12H2,1-4H3,(H2,23,25)(H,26,28)/b17-5-,24-14?. The molecule has 29 heavy (non-hydrogen) atoms. The minimum atomic E-state index is -0.351. The van der Waals surface area contributed by atoms with Gasteiger partial charge in [-0.3, -0.25) is 4.79 Å². The molecule has 156 valence electrons. The molecule has 7 nitrogen and oxygen atoms in total. The van der Waals surface area contributed by atoms with Crippen LogP contribution in [0.1, 0.15) is 32.3 Å². The summed E-state index contributed by atoms with van der Waals surface area (Å²) in [5, 5.41) is 3.21. The smallest absolute Gasteiger partial charge is 0.274 e. The van der Waals surface area contributed by atoms with Gasteiger partial charge in [0.1, 0.15) is 11.5 Å². The summed E-state index contributed by atoms with van der Waals surface area (Å²) in [5.41, 5.74) is 7.94. The summed E-state index contributed by atoms with van der Waals surface area (Å²) in [5.74, 6) is 0.648. The molecule has 1 aliphatic heterocycles. The van der Waals surface area contributed by atoms with E-state index in [1.54, 1.807) is 18.2 Å². The van der Waals surface area contributed by atoms with Crippen LogP contribution in [-0.2, 0) is 9.53 Å². The number of carbonyl (C=O) groups is 1. The Balaban J connectivity index is 2.09. The van der Waals surface area contributed by atoms with E-state index in [0.717, 1.165) is 24.2 Å². The van der Waals surface area contributed by atoms with Crippen LogP contribution in [-0.4, -0.2) is 49.8 Å². The molecule has 0 spiro atoms. The summed E-state index contributed by atoms with van der Waals surface area (Å²) in [6.07, 6.45) is 4.96. The van der Waals surface area contributed by atoms with Gasteiger partial charge in [0.05, 0.1) is 23.0 Å². The number of nitrogens with two attached hydrogens (primary N) is 1. The molecule has 1 heterocycles. The van der Waals surface area contributed by atoms with Gasteiger partial charge < -0.3 is 20.7 Å². The van der Waals surface area contributed by atoms with Crippen molar-refractivity contribution in [1.29, 1.82) is 0 Å². The molecule has 0 unspecified atom stereocenters. The molecule has 0 radical (unpaired) electrons. The molecule has 0 saturated carbocycles. The number of aliphatic imine (C=N–C) groups is 2. The fourth-order valence-corrected chi connectivity index (χ4v) is 2.82. The van der Waals surface area contributed by atoms with Crippen LogP contribution in [0.4, 0.5) is 5.69 Å². The molecule has 1 aromatic rings. The van der Waals surface area contributed by atoms with Crippen molar-refractivity contribution in [2.24, 2.45) is 15.7 Å². The second-order valence-corrected chi connectivity index (χ2v) is 7.26. The summed E-state index contributed by atoms with van der Waals surface area (Å²) in [7, 11) is 4.06. The van der Waals surface area contributed by atoms with Crippen molar-refractivity contribution in [2.75, 3.05) is 32.6 Å². The van der Waals surface area contributed by atoms with Crippen LogP contribution >= 0.6 is 11.6 Å². The summed E-state index contributed by atoms with van der Waals surface area (Å²) in [6, 6.07) is 5.35. The van der Waals surface area contributed by atoms with E-state index in [0.29, 0.717) is 35.5 Å². The predicted octanol–water partition coefficient (Wildman–Crippen LogP) is 3.67. The van der Waals surface area contributed by atoms with E-state index in [-0.39, 0.29) is 11.6 Å². The molecule has 3 N–H and O–H groups in total. The maximum Gasteiger partial charge on any atom is 0.274 e. The number of nitrogens with zero attached hydrogens (tertiary/aromatic N) is 3. The van der Waals surface area contributed by atoms with Crippen LogP contribution in [0.25, 0.3) is 5.70 Å². The van der Waals surface area contributed by atoms with E-state index in [2.05, 4.69) is 20.2 Å². The molecular formula is C21H28ClN5O2. The third kappa shape index (κ3) is 7.03. The van der Waals surface area contributed by atoms with E-state index in [1.165, 1.54) is 0 Å². The summed E-state index contributed by atoms with van der Waals surface area (Å²) in [6.45, 7) is 5.28. The van der Waals surface area contributed by atoms with E-state index in [1.807, 2.05) is 40.1 Å². The summed E-state index contributed by atoms with van der Waals surface area (Å²) >= 11 is 6.26. The highest BCUT2D eigenvalue weighted by atomic mass is 35.5. The van der Waals surface area contributed by atoms with E-state index >= 15 is 0 Å². The Labute approximate surface area is 177 Å². The molecule has 0 aromatic heterocycles. The Morgan fingerprint density at radius 3 is 2.83 bits per heavy atom. The number of hydrogen-bond acceptors (Lipinski definition) is 6. The lowest BCUT2D eigenvalue weighted by Crippen LogP contribution is -2.15. The molecule has 0 aliphatic carbocycles. The SMILES string of the molecule is C/C=C(\N=C(C)OCCCN(C)C)c1ccc(Cl)c(NC(=O)C2=CCC(N)=N2)c1. The Morgan fingerprint density at radius 2 is 2.21 bits per heavy atom. The number of rotatable bonds is 8. The van der Waals surface area contributed by atoms with Gasteiger partial charge in [-0.1, -0.05) is 23.7 Å². The average molecular weight is 418 g/mol. The van der Waals surface area contributed by atoms with Crippen LogP contribution in [0.15, 0.2) is 46.0 Å². The second-order valence-electron chi connectivity index (χ2n) is 6.86. The van der Waals surface area contributed by atoms with Gasteiger partial charge in [-0.05, 0) is 45.6 Å². The monoisotopic (exact) mass is 417 g/mol. The number of allylic oxidation sites excluding steroid dienone is 1. The lowest BCUT2D eigenvalue weighted by atomic mass is 10.1. The van der Waals surface area contributed by atoms with Gasteiger partial charge in [0.15, 0.2) is 5.90 Å². The zero-order chi connectivity index (χ0) is 21.4. The molecule has 2 rings (SSSR count). The first-order valence-corrected chi connectivity index (χ1v) is 9.81. The van der Waals surface area contributed by atoms with Crippen LogP contribution < -0.4 is 11.1 Å². The van der Waals surface area contributed by atoms with Crippen molar-refractivity contribution in [1.82, 2.24) is 4.90 Å². The van der Waals surface area contributed by atoms with Crippen LogP contribution in [0.2, 0.25) is 5.02 Å². The number of anilines is 1. The molecule has 1 aliphatic rings. The van der Waals surface area contributed by atoms with E-state index < -0.39 is 0 Å². The van der Waals surface area contributed by atoms with Crippen molar-refractivity contribution >= 4 is 40.6 Å². The zero-order valence-electron chi connectivity index (χ0n) is 17.3. The van der Waals surface area contributed by atoms with Gasteiger partial charge in [-0.15, -0.1) is 0 Å². The highest BCUT2D eigenvalue weighted by Gasteiger charge is 2.16. The average Bonchev–Trinajstić information content (AvgIpc) is 3.11. The minimum absolute atomic E-state index is 0.287. The number of amides is 1.